The molecular weight excluding hydrogens is 233 g/mol. The monoisotopic (exact) mass is 251 g/mol. The Kier molecular flexibility index (Phi) is 3.52. The zero-order chi connectivity index (χ0) is 13.3. The highest BCUT2D eigenvalue weighted by Gasteiger charge is 2.25. The van der Waals surface area contributed by atoms with E-state index in [0.29, 0.717) is 24.7 Å². The summed E-state index contributed by atoms with van der Waals surface area (Å²) >= 11 is 0. The number of anilines is 1. The number of carbonyl (C=O) groups is 1. The molecule has 1 aromatic rings. The molecule has 18 heavy (non-hydrogen) atoms. The maximum atomic E-state index is 13.2. The van der Waals surface area contributed by atoms with Gasteiger partial charge in [-0.15, -0.1) is 0 Å². The predicted octanol–water partition coefficient (Wildman–Crippen LogP) is 1.18. The van der Waals surface area contributed by atoms with Crippen molar-refractivity contribution < 1.29 is 9.18 Å². The fourth-order valence-corrected chi connectivity index (χ4v) is 2.15. The number of halogens is 1. The van der Waals surface area contributed by atoms with E-state index < -0.39 is 5.82 Å². The van der Waals surface area contributed by atoms with E-state index in [4.69, 9.17) is 5.73 Å². The van der Waals surface area contributed by atoms with Crippen molar-refractivity contribution in [2.45, 2.75) is 13.0 Å². The number of hydrogen-bond acceptors (Lipinski definition) is 3. The SMILES string of the molecule is CC1CN(C(=O)c2cc(N)cc(F)c2)CCN1C. The van der Waals surface area contributed by atoms with Gasteiger partial charge in [-0.3, -0.25) is 4.79 Å². The summed E-state index contributed by atoms with van der Waals surface area (Å²) in [6.07, 6.45) is 0. The van der Waals surface area contributed by atoms with Crippen molar-refractivity contribution in [2.75, 3.05) is 32.4 Å². The lowest BCUT2D eigenvalue weighted by Gasteiger charge is -2.37. The van der Waals surface area contributed by atoms with Gasteiger partial charge in [-0.05, 0) is 32.2 Å². The standard InChI is InChI=1S/C13H18FN3O/c1-9-8-17(4-3-16(9)2)13(18)10-5-11(14)7-12(15)6-10/h5-7,9H,3-4,8,15H2,1-2H3. The Morgan fingerprint density at radius 2 is 2.11 bits per heavy atom. The van der Waals surface area contributed by atoms with Gasteiger partial charge in [0.25, 0.3) is 5.91 Å². The summed E-state index contributed by atoms with van der Waals surface area (Å²) in [7, 11) is 2.03. The quantitative estimate of drug-likeness (QED) is 0.763. The number of nitrogens with two attached hydrogens (primary N) is 1. The third-order valence-electron chi connectivity index (χ3n) is 3.41. The van der Waals surface area contributed by atoms with E-state index >= 15 is 0 Å². The third-order valence-corrected chi connectivity index (χ3v) is 3.41. The molecule has 1 aliphatic rings. The second-order valence-corrected chi connectivity index (χ2v) is 4.85. The molecule has 1 heterocycles. The van der Waals surface area contributed by atoms with Gasteiger partial charge in [0.15, 0.2) is 0 Å². The Morgan fingerprint density at radius 1 is 1.39 bits per heavy atom. The highest BCUT2D eigenvalue weighted by Crippen LogP contribution is 2.15. The average molecular weight is 251 g/mol. The van der Waals surface area contributed by atoms with E-state index in [9.17, 15) is 9.18 Å². The van der Waals surface area contributed by atoms with Gasteiger partial charge in [0.1, 0.15) is 5.82 Å². The first-order valence-electron chi connectivity index (χ1n) is 6.03. The van der Waals surface area contributed by atoms with Gasteiger partial charge in [-0.2, -0.15) is 0 Å². The molecule has 1 aromatic carbocycles. The van der Waals surface area contributed by atoms with Crippen molar-refractivity contribution >= 4 is 11.6 Å². The Hall–Kier alpha value is -1.62. The molecule has 1 atom stereocenters. The van der Waals surface area contributed by atoms with Crippen LogP contribution in [0.4, 0.5) is 10.1 Å². The van der Waals surface area contributed by atoms with Crippen LogP contribution in [0.1, 0.15) is 17.3 Å². The molecule has 0 aliphatic carbocycles. The minimum Gasteiger partial charge on any atom is -0.399 e. The first-order valence-corrected chi connectivity index (χ1v) is 6.03. The number of likely N-dealkylation sites (N-methyl/N-ethyl adjacent to an activating group) is 1. The highest BCUT2D eigenvalue weighted by atomic mass is 19.1. The molecule has 4 nitrogen and oxygen atoms in total. The fraction of sp³-hybridized carbons (Fsp3) is 0.462. The van der Waals surface area contributed by atoms with E-state index in [1.807, 2.05) is 7.05 Å². The van der Waals surface area contributed by atoms with Crippen LogP contribution in [-0.4, -0.2) is 48.4 Å². The molecule has 5 heteroatoms. The number of piperazine rings is 1. The van der Waals surface area contributed by atoms with Crippen molar-refractivity contribution in [1.29, 1.82) is 0 Å². The smallest absolute Gasteiger partial charge is 0.254 e. The van der Waals surface area contributed by atoms with Gasteiger partial charge in [0, 0.05) is 36.9 Å². The lowest BCUT2D eigenvalue weighted by molar-refractivity contribution is 0.0572. The zero-order valence-electron chi connectivity index (χ0n) is 10.7. The van der Waals surface area contributed by atoms with E-state index in [1.165, 1.54) is 18.2 Å². The van der Waals surface area contributed by atoms with Crippen LogP contribution < -0.4 is 5.73 Å². The summed E-state index contributed by atoms with van der Waals surface area (Å²) < 4.78 is 13.2. The molecule has 1 saturated heterocycles. The molecule has 0 spiro atoms. The van der Waals surface area contributed by atoms with Crippen molar-refractivity contribution in [3.8, 4) is 0 Å². The van der Waals surface area contributed by atoms with Crippen molar-refractivity contribution in [3.63, 3.8) is 0 Å². The van der Waals surface area contributed by atoms with Gasteiger partial charge in [0.05, 0.1) is 0 Å². The van der Waals surface area contributed by atoms with Crippen LogP contribution in [0.2, 0.25) is 0 Å². The molecular formula is C13H18FN3O. The van der Waals surface area contributed by atoms with Crippen molar-refractivity contribution in [2.24, 2.45) is 0 Å². The van der Waals surface area contributed by atoms with Gasteiger partial charge >= 0.3 is 0 Å². The minimum atomic E-state index is -0.472. The summed E-state index contributed by atoms with van der Waals surface area (Å²) in [4.78, 5) is 16.2. The first-order chi connectivity index (χ1) is 8.47. The maximum absolute atomic E-state index is 13.2. The van der Waals surface area contributed by atoms with Crippen LogP contribution in [0, 0.1) is 5.82 Å². The van der Waals surface area contributed by atoms with Crippen molar-refractivity contribution in [3.05, 3.63) is 29.6 Å². The lowest BCUT2D eigenvalue weighted by Crippen LogP contribution is -2.52. The largest absolute Gasteiger partial charge is 0.399 e. The number of nitrogens with zero attached hydrogens (tertiary/aromatic N) is 2. The van der Waals surface area contributed by atoms with Crippen LogP contribution in [0.5, 0.6) is 0 Å². The second kappa shape index (κ2) is 4.94. The molecule has 2 N–H and O–H groups in total. The van der Waals surface area contributed by atoms with Gasteiger partial charge in [0.2, 0.25) is 0 Å². The van der Waals surface area contributed by atoms with Gasteiger partial charge in [-0.1, -0.05) is 0 Å². The lowest BCUT2D eigenvalue weighted by atomic mass is 10.1. The number of hydrogen-bond donors (Lipinski definition) is 1. The molecule has 1 amide bonds. The highest BCUT2D eigenvalue weighted by molar-refractivity contribution is 5.95. The normalized spacial score (nSPS) is 21.1. The number of rotatable bonds is 1. The van der Waals surface area contributed by atoms with Gasteiger partial charge < -0.3 is 15.5 Å². The number of carbonyl (C=O) groups excluding carboxylic acids is 1. The van der Waals surface area contributed by atoms with Crippen molar-refractivity contribution in [1.82, 2.24) is 9.80 Å². The first kappa shape index (κ1) is 12.8. The topological polar surface area (TPSA) is 49.6 Å². The maximum Gasteiger partial charge on any atom is 0.254 e. The van der Waals surface area contributed by atoms with Crippen LogP contribution in [-0.2, 0) is 0 Å². The Bertz CT molecular complexity index is 443. The summed E-state index contributed by atoms with van der Waals surface area (Å²) in [6, 6.07) is 4.29. The van der Waals surface area contributed by atoms with Crippen LogP contribution in [0.25, 0.3) is 0 Å². The summed E-state index contributed by atoms with van der Waals surface area (Å²) in [5.41, 5.74) is 6.16. The Morgan fingerprint density at radius 3 is 2.72 bits per heavy atom. The zero-order valence-corrected chi connectivity index (χ0v) is 10.7. The van der Waals surface area contributed by atoms with E-state index in [-0.39, 0.29) is 11.6 Å². The summed E-state index contributed by atoms with van der Waals surface area (Å²) in [5.74, 6) is -0.623. The molecule has 0 aromatic heterocycles. The molecule has 2 rings (SSSR count). The molecule has 0 saturated carbocycles. The summed E-state index contributed by atoms with van der Waals surface area (Å²) in [6.45, 7) is 4.22. The average Bonchev–Trinajstić information content (AvgIpc) is 2.30. The predicted molar refractivity (Wildman–Crippen MR) is 68.8 cm³/mol. The number of benzene rings is 1. The van der Waals surface area contributed by atoms with Crippen LogP contribution in [0.15, 0.2) is 18.2 Å². The van der Waals surface area contributed by atoms with E-state index in [0.717, 1.165) is 6.54 Å². The number of amides is 1. The molecule has 1 aliphatic heterocycles. The van der Waals surface area contributed by atoms with E-state index in [2.05, 4.69) is 11.8 Å². The Labute approximate surface area is 106 Å². The third kappa shape index (κ3) is 2.61. The molecule has 0 radical (unpaired) electrons. The summed E-state index contributed by atoms with van der Waals surface area (Å²) in [5, 5.41) is 0. The van der Waals surface area contributed by atoms with Crippen LogP contribution in [0.3, 0.4) is 0 Å². The number of nitrogen functional groups attached to an aromatic ring is 1. The Balaban J connectivity index is 2.16. The van der Waals surface area contributed by atoms with Gasteiger partial charge in [-0.25, -0.2) is 4.39 Å². The van der Waals surface area contributed by atoms with Crippen LogP contribution >= 0.6 is 0 Å². The molecule has 1 unspecified atom stereocenters. The minimum absolute atomic E-state index is 0.152. The second-order valence-electron chi connectivity index (χ2n) is 4.85. The van der Waals surface area contributed by atoms with E-state index in [1.54, 1.807) is 4.90 Å². The molecule has 0 bridgehead atoms. The molecule has 1 fully saturated rings. The molecule has 98 valence electrons. The fourth-order valence-electron chi connectivity index (χ4n) is 2.15.